The highest BCUT2D eigenvalue weighted by atomic mass is 16.5. The van der Waals surface area contributed by atoms with Crippen LogP contribution in [0.2, 0.25) is 0 Å². The number of benzene rings is 1. The van der Waals surface area contributed by atoms with Crippen molar-refractivity contribution in [3.63, 3.8) is 0 Å². The Hall–Kier alpha value is -2.50. The summed E-state index contributed by atoms with van der Waals surface area (Å²) in [5.41, 5.74) is 0.100. The predicted octanol–water partition coefficient (Wildman–Crippen LogP) is 2.96. The number of rotatable bonds is 5. The maximum absolute atomic E-state index is 11.1. The molecule has 106 valence electrons. The summed E-state index contributed by atoms with van der Waals surface area (Å²) in [7, 11) is 1.58. The van der Waals surface area contributed by atoms with Gasteiger partial charge in [0.2, 0.25) is 0 Å². The molecule has 0 unspecified atom stereocenters. The molecule has 1 aromatic carbocycles. The number of hydrogen-bond acceptors (Lipinski definition) is 4. The average molecular weight is 276 g/mol. The third-order valence-electron chi connectivity index (χ3n) is 2.77. The Morgan fingerprint density at radius 1 is 1.25 bits per heavy atom. The van der Waals surface area contributed by atoms with Gasteiger partial charge in [0, 0.05) is 6.04 Å². The number of carbonyl (C=O) groups is 1. The Kier molecular flexibility index (Phi) is 3.93. The van der Waals surface area contributed by atoms with Crippen molar-refractivity contribution in [1.29, 1.82) is 0 Å². The number of hydrogen-bond donors (Lipinski definition) is 1. The molecule has 0 aliphatic heterocycles. The quantitative estimate of drug-likeness (QED) is 0.908. The number of methoxy groups -OCH3 is 1. The summed E-state index contributed by atoms with van der Waals surface area (Å²) < 4.78 is 12.2. The molecule has 6 heteroatoms. The smallest absolute Gasteiger partial charge is 0.354 e. The molecule has 0 fully saturated rings. The molecular formula is C14H16N2O4. The van der Waals surface area contributed by atoms with E-state index in [-0.39, 0.29) is 17.7 Å². The maximum atomic E-state index is 11.1. The number of ether oxygens (including phenoxy) is 2. The van der Waals surface area contributed by atoms with Crippen molar-refractivity contribution < 1.29 is 19.4 Å². The van der Waals surface area contributed by atoms with E-state index in [9.17, 15) is 4.79 Å². The van der Waals surface area contributed by atoms with Crippen molar-refractivity contribution >= 4 is 5.97 Å². The molecule has 2 aromatic rings. The molecule has 0 saturated carbocycles. The highest BCUT2D eigenvalue weighted by Crippen LogP contribution is 2.26. The lowest BCUT2D eigenvalue weighted by atomic mass is 10.3. The van der Waals surface area contributed by atoms with E-state index in [1.165, 1.54) is 10.8 Å². The summed E-state index contributed by atoms with van der Waals surface area (Å²) in [5, 5.41) is 9.13. The molecule has 1 aromatic heterocycles. The van der Waals surface area contributed by atoms with E-state index in [4.69, 9.17) is 14.6 Å². The number of imidazole rings is 1. The molecule has 6 nitrogen and oxygen atoms in total. The fraction of sp³-hybridized carbons (Fsp3) is 0.286. The first-order valence-electron chi connectivity index (χ1n) is 6.15. The molecule has 0 spiro atoms. The lowest BCUT2D eigenvalue weighted by Crippen LogP contribution is -2.11. The number of carboxylic acids is 1. The second kappa shape index (κ2) is 5.64. The zero-order chi connectivity index (χ0) is 14.7. The van der Waals surface area contributed by atoms with Crippen LogP contribution in [0.15, 0.2) is 30.5 Å². The molecule has 0 radical (unpaired) electrons. The molecule has 0 aliphatic carbocycles. The van der Waals surface area contributed by atoms with Crippen molar-refractivity contribution in [2.45, 2.75) is 19.9 Å². The lowest BCUT2D eigenvalue weighted by Gasteiger charge is -2.13. The summed E-state index contributed by atoms with van der Waals surface area (Å²) in [4.78, 5) is 15.2. The van der Waals surface area contributed by atoms with Gasteiger partial charge in [0.25, 0.3) is 0 Å². The molecule has 1 heterocycles. The minimum Gasteiger partial charge on any atom is -0.497 e. The summed E-state index contributed by atoms with van der Waals surface area (Å²) in [6, 6.07) is 7.17. The second-order valence-corrected chi connectivity index (χ2v) is 4.47. The topological polar surface area (TPSA) is 73.6 Å². The van der Waals surface area contributed by atoms with Gasteiger partial charge in [-0.25, -0.2) is 9.78 Å². The Bertz CT molecular complexity index is 602. The van der Waals surface area contributed by atoms with Crippen molar-refractivity contribution in [2.75, 3.05) is 7.11 Å². The molecule has 0 atom stereocenters. The van der Waals surface area contributed by atoms with Gasteiger partial charge < -0.3 is 14.6 Å². The Labute approximate surface area is 116 Å². The molecule has 0 bridgehead atoms. The number of aromatic nitrogens is 2. The van der Waals surface area contributed by atoms with Gasteiger partial charge in [-0.3, -0.25) is 4.57 Å². The summed E-state index contributed by atoms with van der Waals surface area (Å²) in [6.45, 7) is 3.74. The fourth-order valence-electron chi connectivity index (χ4n) is 1.83. The largest absolute Gasteiger partial charge is 0.497 e. The zero-order valence-corrected chi connectivity index (χ0v) is 11.5. The molecule has 20 heavy (non-hydrogen) atoms. The Morgan fingerprint density at radius 2 is 1.85 bits per heavy atom. The van der Waals surface area contributed by atoms with Crippen LogP contribution in [0.1, 0.15) is 30.4 Å². The minimum absolute atomic E-state index is 0.0724. The molecule has 0 aliphatic rings. The number of nitrogens with zero attached hydrogens (tertiary/aromatic N) is 2. The van der Waals surface area contributed by atoms with E-state index in [0.29, 0.717) is 5.75 Å². The van der Waals surface area contributed by atoms with Crippen molar-refractivity contribution in [3.05, 3.63) is 36.2 Å². The normalized spacial score (nSPS) is 10.6. The van der Waals surface area contributed by atoms with Crippen LogP contribution in [-0.4, -0.2) is 27.7 Å². The second-order valence-electron chi connectivity index (χ2n) is 4.47. The van der Waals surface area contributed by atoms with E-state index in [0.717, 1.165) is 5.75 Å². The zero-order valence-electron chi connectivity index (χ0n) is 11.5. The lowest BCUT2D eigenvalue weighted by molar-refractivity contribution is 0.0682. The van der Waals surface area contributed by atoms with Crippen molar-refractivity contribution in [1.82, 2.24) is 9.55 Å². The fourth-order valence-corrected chi connectivity index (χ4v) is 1.83. The molecule has 0 amide bonds. The number of aromatic carboxylic acids is 1. The first-order valence-corrected chi connectivity index (χ1v) is 6.15. The third kappa shape index (κ3) is 2.74. The van der Waals surface area contributed by atoms with E-state index in [1.54, 1.807) is 31.4 Å². The number of carboxylic acid groups (broad SMARTS) is 1. The molecule has 1 N–H and O–H groups in total. The van der Waals surface area contributed by atoms with Crippen molar-refractivity contribution in [3.8, 4) is 17.5 Å². The van der Waals surface area contributed by atoms with Gasteiger partial charge in [-0.1, -0.05) is 0 Å². The van der Waals surface area contributed by atoms with Gasteiger partial charge in [0.05, 0.1) is 13.3 Å². The highest BCUT2D eigenvalue weighted by molar-refractivity contribution is 5.85. The van der Waals surface area contributed by atoms with E-state index in [1.807, 2.05) is 13.8 Å². The van der Waals surface area contributed by atoms with Gasteiger partial charge in [-0.15, -0.1) is 0 Å². The van der Waals surface area contributed by atoms with E-state index >= 15 is 0 Å². The van der Waals surface area contributed by atoms with Crippen LogP contribution in [-0.2, 0) is 0 Å². The van der Waals surface area contributed by atoms with Gasteiger partial charge >= 0.3 is 12.0 Å². The van der Waals surface area contributed by atoms with Crippen LogP contribution in [0.3, 0.4) is 0 Å². The molecule has 0 saturated heterocycles. The molecular weight excluding hydrogens is 260 g/mol. The first-order chi connectivity index (χ1) is 9.52. The van der Waals surface area contributed by atoms with Crippen LogP contribution < -0.4 is 9.47 Å². The predicted molar refractivity (Wildman–Crippen MR) is 72.6 cm³/mol. The standard InChI is InChI=1S/C14H16N2O4/c1-9(2)16-12(13(17)18)8-15-14(16)20-11-6-4-10(19-3)5-7-11/h4-9H,1-3H3,(H,17,18). The van der Waals surface area contributed by atoms with Crippen molar-refractivity contribution in [2.24, 2.45) is 0 Å². The Morgan fingerprint density at radius 3 is 2.35 bits per heavy atom. The maximum Gasteiger partial charge on any atom is 0.354 e. The van der Waals surface area contributed by atoms with Gasteiger partial charge in [-0.2, -0.15) is 0 Å². The molecule has 2 rings (SSSR count). The van der Waals surface area contributed by atoms with E-state index < -0.39 is 5.97 Å². The Balaban J connectivity index is 2.30. The van der Waals surface area contributed by atoms with E-state index in [2.05, 4.69) is 4.98 Å². The van der Waals surface area contributed by atoms with Crippen LogP contribution >= 0.6 is 0 Å². The summed E-state index contributed by atoms with van der Waals surface area (Å²) in [6.07, 6.45) is 1.29. The van der Waals surface area contributed by atoms with Gasteiger partial charge in [0.15, 0.2) is 0 Å². The highest BCUT2D eigenvalue weighted by Gasteiger charge is 2.19. The SMILES string of the molecule is COc1ccc(Oc2ncc(C(=O)O)n2C(C)C)cc1. The summed E-state index contributed by atoms with van der Waals surface area (Å²) >= 11 is 0. The van der Waals surface area contributed by atoms with Crippen LogP contribution in [0, 0.1) is 0 Å². The third-order valence-corrected chi connectivity index (χ3v) is 2.77. The van der Waals surface area contributed by atoms with Gasteiger partial charge in [0.1, 0.15) is 17.2 Å². The minimum atomic E-state index is -1.03. The monoisotopic (exact) mass is 276 g/mol. The summed E-state index contributed by atoms with van der Waals surface area (Å²) in [5.74, 6) is 0.252. The van der Waals surface area contributed by atoms with Crippen LogP contribution in [0.25, 0.3) is 0 Å². The van der Waals surface area contributed by atoms with Crippen LogP contribution in [0.4, 0.5) is 0 Å². The van der Waals surface area contributed by atoms with Crippen LogP contribution in [0.5, 0.6) is 17.5 Å². The van der Waals surface area contributed by atoms with Gasteiger partial charge in [-0.05, 0) is 38.1 Å². The first kappa shape index (κ1) is 13.9. The average Bonchev–Trinajstić information content (AvgIpc) is 2.83.